The van der Waals surface area contributed by atoms with Gasteiger partial charge in [-0.1, -0.05) is 19.4 Å². The third-order valence-electron chi connectivity index (χ3n) is 1.82. The van der Waals surface area contributed by atoms with Crippen molar-refractivity contribution in [2.24, 2.45) is 0 Å². The Hall–Kier alpha value is -1.71. The number of carbonyl (C=O) groups excluding carboxylic acids is 1. The van der Waals surface area contributed by atoms with Gasteiger partial charge in [-0.05, 0) is 18.6 Å². The normalized spacial score (nSPS) is 9.67. The number of hydrogen-bond donors (Lipinski definition) is 3. The van der Waals surface area contributed by atoms with Crippen molar-refractivity contribution in [1.82, 2.24) is 5.32 Å². The maximum atomic E-state index is 11.3. The molecule has 0 saturated carbocycles. The Kier molecular flexibility index (Phi) is 4.47. The van der Waals surface area contributed by atoms with Crippen molar-refractivity contribution in [3.05, 3.63) is 31.2 Å². The van der Waals surface area contributed by atoms with Crippen molar-refractivity contribution >= 4 is 11.7 Å². The van der Waals surface area contributed by atoms with Crippen LogP contribution in [0.4, 0.5) is 10.5 Å². The Morgan fingerprint density at radius 2 is 2.27 bits per heavy atom. The second-order valence-electron chi connectivity index (χ2n) is 3.14. The van der Waals surface area contributed by atoms with E-state index in [4.69, 9.17) is 5.11 Å². The molecular formula is C11H15N2O2. The predicted octanol–water partition coefficient (Wildman–Crippen LogP) is 2.13. The van der Waals surface area contributed by atoms with Gasteiger partial charge in [0.2, 0.25) is 0 Å². The van der Waals surface area contributed by atoms with Gasteiger partial charge in [-0.3, -0.25) is 0 Å². The van der Waals surface area contributed by atoms with Gasteiger partial charge in [0.25, 0.3) is 0 Å². The predicted molar refractivity (Wildman–Crippen MR) is 59.7 cm³/mol. The molecule has 0 aliphatic carbocycles. The highest BCUT2D eigenvalue weighted by molar-refractivity contribution is 5.89. The Morgan fingerprint density at radius 1 is 1.47 bits per heavy atom. The third kappa shape index (κ3) is 4.35. The number of aromatic hydroxyl groups is 1. The van der Waals surface area contributed by atoms with Crippen LogP contribution in [0.3, 0.4) is 0 Å². The number of phenols is 1. The molecule has 1 radical (unpaired) electrons. The highest BCUT2D eigenvalue weighted by atomic mass is 16.3. The lowest BCUT2D eigenvalue weighted by Gasteiger charge is -2.06. The minimum absolute atomic E-state index is 0.130. The van der Waals surface area contributed by atoms with E-state index in [1.54, 1.807) is 18.2 Å². The van der Waals surface area contributed by atoms with Crippen molar-refractivity contribution in [1.29, 1.82) is 0 Å². The van der Waals surface area contributed by atoms with Gasteiger partial charge >= 0.3 is 6.03 Å². The lowest BCUT2D eigenvalue weighted by Crippen LogP contribution is -2.29. The first kappa shape index (κ1) is 11.4. The van der Waals surface area contributed by atoms with E-state index in [9.17, 15) is 4.79 Å². The molecule has 0 saturated heterocycles. The molecule has 3 N–H and O–H groups in total. The van der Waals surface area contributed by atoms with Crippen LogP contribution in [0.1, 0.15) is 12.8 Å². The second-order valence-corrected chi connectivity index (χ2v) is 3.14. The van der Waals surface area contributed by atoms with Crippen molar-refractivity contribution < 1.29 is 9.90 Å². The number of phenolic OH excluding ortho intramolecular Hbond substituents is 1. The molecule has 0 aliphatic heterocycles. The first-order chi connectivity index (χ1) is 7.22. The molecule has 1 aromatic rings. The molecule has 15 heavy (non-hydrogen) atoms. The molecule has 81 valence electrons. The van der Waals surface area contributed by atoms with Crippen LogP contribution in [-0.4, -0.2) is 17.7 Å². The molecule has 0 atom stereocenters. The summed E-state index contributed by atoms with van der Waals surface area (Å²) in [6.07, 6.45) is 1.65. The van der Waals surface area contributed by atoms with E-state index < -0.39 is 0 Å². The summed E-state index contributed by atoms with van der Waals surface area (Å²) >= 11 is 0. The van der Waals surface area contributed by atoms with Crippen LogP contribution in [0, 0.1) is 6.92 Å². The van der Waals surface area contributed by atoms with Crippen molar-refractivity contribution in [2.45, 2.75) is 12.8 Å². The van der Waals surface area contributed by atoms with Crippen LogP contribution in [-0.2, 0) is 0 Å². The molecular weight excluding hydrogens is 192 g/mol. The van der Waals surface area contributed by atoms with E-state index in [0.717, 1.165) is 12.8 Å². The minimum Gasteiger partial charge on any atom is -0.508 e. The summed E-state index contributed by atoms with van der Waals surface area (Å²) < 4.78 is 0. The van der Waals surface area contributed by atoms with Crippen LogP contribution in [0.5, 0.6) is 5.75 Å². The molecule has 0 spiro atoms. The standard InChI is InChI=1S/C11H15N2O2/c1-2-3-7-12-11(15)13-9-5-4-6-10(14)8-9/h4-6,8,14H,1-3,7H2,(H2,12,13,15). The fourth-order valence-electron chi connectivity index (χ4n) is 1.09. The molecule has 4 heteroatoms. The van der Waals surface area contributed by atoms with Gasteiger partial charge in [0.05, 0.1) is 0 Å². The highest BCUT2D eigenvalue weighted by Gasteiger charge is 2.00. The van der Waals surface area contributed by atoms with Crippen LogP contribution in [0.25, 0.3) is 0 Å². The van der Waals surface area contributed by atoms with Crippen molar-refractivity contribution in [2.75, 3.05) is 11.9 Å². The molecule has 0 heterocycles. The summed E-state index contributed by atoms with van der Waals surface area (Å²) in [5, 5.41) is 14.5. The van der Waals surface area contributed by atoms with Gasteiger partial charge in [0.15, 0.2) is 0 Å². The summed E-state index contributed by atoms with van der Waals surface area (Å²) in [6.45, 7) is 4.28. The molecule has 2 amide bonds. The van der Waals surface area contributed by atoms with Gasteiger partial charge in [-0.2, -0.15) is 0 Å². The number of urea groups is 1. The maximum Gasteiger partial charge on any atom is 0.319 e. The largest absolute Gasteiger partial charge is 0.508 e. The molecule has 0 aromatic heterocycles. The molecule has 0 fully saturated rings. The lowest BCUT2D eigenvalue weighted by molar-refractivity contribution is 0.252. The summed E-state index contributed by atoms with van der Waals surface area (Å²) in [5.74, 6) is 0.130. The fourth-order valence-corrected chi connectivity index (χ4v) is 1.09. The Labute approximate surface area is 89.3 Å². The molecule has 0 aliphatic rings. The minimum atomic E-state index is -0.269. The zero-order valence-electron chi connectivity index (χ0n) is 8.49. The average molecular weight is 207 g/mol. The number of carbonyl (C=O) groups is 1. The van der Waals surface area contributed by atoms with Crippen LogP contribution in [0.15, 0.2) is 24.3 Å². The van der Waals surface area contributed by atoms with Gasteiger partial charge in [0.1, 0.15) is 5.75 Å². The second kappa shape index (κ2) is 5.90. The summed E-state index contributed by atoms with van der Waals surface area (Å²) in [6, 6.07) is 6.14. The van der Waals surface area contributed by atoms with Crippen LogP contribution in [0.2, 0.25) is 0 Å². The SMILES string of the molecule is [CH2]CCCNC(=O)Nc1cccc(O)c1. The van der Waals surface area contributed by atoms with Gasteiger partial charge in [-0.15, -0.1) is 0 Å². The molecule has 0 bridgehead atoms. The van der Waals surface area contributed by atoms with Gasteiger partial charge < -0.3 is 15.7 Å². The number of anilines is 1. The molecule has 4 nitrogen and oxygen atoms in total. The highest BCUT2D eigenvalue weighted by Crippen LogP contribution is 2.14. The number of benzene rings is 1. The zero-order chi connectivity index (χ0) is 11.1. The quantitative estimate of drug-likeness (QED) is 0.662. The summed E-state index contributed by atoms with van der Waals surface area (Å²) in [5.41, 5.74) is 0.571. The van der Waals surface area contributed by atoms with Crippen LogP contribution < -0.4 is 10.6 Å². The first-order valence-electron chi connectivity index (χ1n) is 4.85. The average Bonchev–Trinajstić information content (AvgIpc) is 2.18. The Bertz CT molecular complexity index is 326. The van der Waals surface area contributed by atoms with E-state index >= 15 is 0 Å². The van der Waals surface area contributed by atoms with E-state index in [-0.39, 0.29) is 11.8 Å². The number of amides is 2. The first-order valence-corrected chi connectivity index (χ1v) is 4.85. The number of rotatable bonds is 4. The number of unbranched alkanes of at least 4 members (excludes halogenated alkanes) is 1. The van der Waals surface area contributed by atoms with Gasteiger partial charge in [0, 0.05) is 18.3 Å². The third-order valence-corrected chi connectivity index (χ3v) is 1.82. The topological polar surface area (TPSA) is 61.4 Å². The van der Waals surface area contributed by atoms with Crippen LogP contribution >= 0.6 is 0 Å². The molecule has 1 rings (SSSR count). The number of hydrogen-bond acceptors (Lipinski definition) is 2. The Morgan fingerprint density at radius 3 is 2.93 bits per heavy atom. The fraction of sp³-hybridized carbons (Fsp3) is 0.273. The molecule has 1 aromatic carbocycles. The zero-order valence-corrected chi connectivity index (χ0v) is 8.49. The monoisotopic (exact) mass is 207 g/mol. The van der Waals surface area contributed by atoms with Crippen molar-refractivity contribution in [3.8, 4) is 5.75 Å². The maximum absolute atomic E-state index is 11.3. The van der Waals surface area contributed by atoms with E-state index in [1.165, 1.54) is 6.07 Å². The van der Waals surface area contributed by atoms with E-state index in [2.05, 4.69) is 17.6 Å². The van der Waals surface area contributed by atoms with Gasteiger partial charge in [-0.25, -0.2) is 4.79 Å². The summed E-state index contributed by atoms with van der Waals surface area (Å²) in [4.78, 5) is 11.3. The summed E-state index contributed by atoms with van der Waals surface area (Å²) in [7, 11) is 0. The van der Waals surface area contributed by atoms with E-state index in [1.807, 2.05) is 0 Å². The van der Waals surface area contributed by atoms with E-state index in [0.29, 0.717) is 12.2 Å². The smallest absolute Gasteiger partial charge is 0.319 e. The Balaban J connectivity index is 2.37. The van der Waals surface area contributed by atoms with Crippen molar-refractivity contribution in [3.63, 3.8) is 0 Å². The molecule has 0 unspecified atom stereocenters. The number of nitrogens with one attached hydrogen (secondary N) is 2. The lowest BCUT2D eigenvalue weighted by atomic mass is 10.3.